The lowest BCUT2D eigenvalue weighted by Gasteiger charge is -2.44. The maximum absolute atomic E-state index is 15.2. The maximum atomic E-state index is 15.2. The van der Waals surface area contributed by atoms with Crippen molar-refractivity contribution in [1.29, 1.82) is 0 Å². The number of ether oxygens (including phenoxy) is 1. The van der Waals surface area contributed by atoms with Crippen molar-refractivity contribution >= 4 is 34.4 Å². The van der Waals surface area contributed by atoms with E-state index in [-0.39, 0.29) is 57.8 Å². The monoisotopic (exact) mass is 690 g/mol. The van der Waals surface area contributed by atoms with Gasteiger partial charge in [-0.3, -0.25) is 4.79 Å². The SMILES string of the molecule is C=CC(=O)N1CC(C)N(c2nc(=O)n(-c3c(C(C)C)nc(OCCN(C)C)nc3C(C)C)c3nc(-c4ccccc4F)c(Cl)cc23)CC1C. The molecule has 1 aliphatic rings. The number of benzene rings is 1. The molecule has 0 bridgehead atoms. The first kappa shape index (κ1) is 35.9. The third-order valence-corrected chi connectivity index (χ3v) is 8.94. The summed E-state index contributed by atoms with van der Waals surface area (Å²) in [5.74, 6) is -0.593. The summed E-state index contributed by atoms with van der Waals surface area (Å²) in [5.41, 5.74) is 1.63. The molecule has 0 saturated carbocycles. The Balaban J connectivity index is 1.82. The minimum absolute atomic E-state index is 0.150. The summed E-state index contributed by atoms with van der Waals surface area (Å²) in [6, 6.07) is 7.73. The highest BCUT2D eigenvalue weighted by Crippen LogP contribution is 2.37. The first-order chi connectivity index (χ1) is 23.2. The fourth-order valence-electron chi connectivity index (χ4n) is 6.10. The number of likely N-dealkylation sites (N-methyl/N-ethyl adjacent to an activating group) is 1. The third-order valence-electron chi connectivity index (χ3n) is 8.65. The number of hydrogen-bond donors (Lipinski definition) is 0. The van der Waals surface area contributed by atoms with E-state index in [1.807, 2.05) is 65.4 Å². The predicted octanol–water partition coefficient (Wildman–Crippen LogP) is 5.83. The Kier molecular flexibility index (Phi) is 10.7. The number of rotatable bonds is 10. The van der Waals surface area contributed by atoms with Crippen LogP contribution in [0.5, 0.6) is 6.01 Å². The molecule has 4 aromatic rings. The number of piperazine rings is 1. The highest BCUT2D eigenvalue weighted by Gasteiger charge is 2.34. The summed E-state index contributed by atoms with van der Waals surface area (Å²) in [7, 11) is 3.91. The van der Waals surface area contributed by atoms with Crippen molar-refractivity contribution in [1.82, 2.24) is 34.3 Å². The van der Waals surface area contributed by atoms with Crippen LogP contribution in [0.25, 0.3) is 28.0 Å². The Labute approximate surface area is 291 Å². The van der Waals surface area contributed by atoms with Crippen LogP contribution in [-0.2, 0) is 4.79 Å². The fraction of sp³-hybridized carbons (Fsp3) is 0.444. The lowest BCUT2D eigenvalue weighted by atomic mass is 10.0. The topological polar surface area (TPSA) is 110 Å². The summed E-state index contributed by atoms with van der Waals surface area (Å²) >= 11 is 6.89. The van der Waals surface area contributed by atoms with E-state index in [2.05, 4.69) is 11.6 Å². The zero-order valence-electron chi connectivity index (χ0n) is 29.4. The number of hydrogen-bond acceptors (Lipinski definition) is 9. The van der Waals surface area contributed by atoms with Gasteiger partial charge >= 0.3 is 11.7 Å². The number of halogens is 2. The van der Waals surface area contributed by atoms with Crippen LogP contribution in [0.15, 0.2) is 47.8 Å². The average Bonchev–Trinajstić information content (AvgIpc) is 3.05. The standard InChI is InChI=1S/C36H44ClFN8O3/c1-10-28(47)44-18-23(7)45(19-22(44)6)33-25-17-26(37)31(24-13-11-12-14-27(24)38)39-34(25)46(36(48)42-33)32-29(20(2)3)40-35(41-30(32)21(4)5)49-16-15-43(8)9/h10-14,17,20-23H,1,15-16,18-19H2,2-9H3. The second-order valence-electron chi connectivity index (χ2n) is 13.4. The van der Waals surface area contributed by atoms with E-state index in [1.165, 1.54) is 16.7 Å². The van der Waals surface area contributed by atoms with Gasteiger partial charge in [0, 0.05) is 37.3 Å². The molecule has 0 radical (unpaired) electrons. The summed E-state index contributed by atoms with van der Waals surface area (Å²) in [6.07, 6.45) is 1.31. The van der Waals surface area contributed by atoms with Crippen LogP contribution in [0.4, 0.5) is 10.2 Å². The first-order valence-electron chi connectivity index (χ1n) is 16.5. The number of amides is 1. The minimum atomic E-state index is -0.602. The summed E-state index contributed by atoms with van der Waals surface area (Å²) < 4.78 is 22.6. The van der Waals surface area contributed by atoms with Crippen LogP contribution >= 0.6 is 11.6 Å². The molecule has 4 heterocycles. The molecular formula is C36H44ClFN8O3. The summed E-state index contributed by atoms with van der Waals surface area (Å²) in [4.78, 5) is 52.1. The molecule has 1 saturated heterocycles. The van der Waals surface area contributed by atoms with Gasteiger partial charge in [0.15, 0.2) is 5.65 Å². The van der Waals surface area contributed by atoms with E-state index in [1.54, 1.807) is 29.2 Å². The molecule has 2 atom stereocenters. The third kappa shape index (κ3) is 7.16. The van der Waals surface area contributed by atoms with Crippen molar-refractivity contribution in [2.24, 2.45) is 0 Å². The van der Waals surface area contributed by atoms with E-state index in [4.69, 9.17) is 31.3 Å². The van der Waals surface area contributed by atoms with Gasteiger partial charge in [0.2, 0.25) is 5.91 Å². The summed E-state index contributed by atoms with van der Waals surface area (Å²) in [6.45, 7) is 17.3. The molecule has 2 unspecified atom stereocenters. The summed E-state index contributed by atoms with van der Waals surface area (Å²) in [5, 5.41) is 0.684. The first-order valence-corrected chi connectivity index (χ1v) is 16.9. The van der Waals surface area contributed by atoms with E-state index in [0.29, 0.717) is 54.5 Å². The van der Waals surface area contributed by atoms with Gasteiger partial charge < -0.3 is 19.4 Å². The molecule has 49 heavy (non-hydrogen) atoms. The lowest BCUT2D eigenvalue weighted by molar-refractivity contribution is -0.128. The molecule has 13 heteroatoms. The van der Waals surface area contributed by atoms with Gasteiger partial charge in [0.25, 0.3) is 0 Å². The largest absolute Gasteiger partial charge is 0.462 e. The van der Waals surface area contributed by atoms with Gasteiger partial charge in [-0.1, -0.05) is 58.0 Å². The normalized spacial score (nSPS) is 16.7. The van der Waals surface area contributed by atoms with Crippen molar-refractivity contribution in [2.45, 2.75) is 65.5 Å². The van der Waals surface area contributed by atoms with Crippen LogP contribution in [0, 0.1) is 5.82 Å². The molecule has 3 aromatic heterocycles. The number of carbonyl (C=O) groups excluding carboxylic acids is 1. The number of fused-ring (bicyclic) bond motifs is 1. The lowest BCUT2D eigenvalue weighted by Crippen LogP contribution is -2.58. The Morgan fingerprint density at radius 2 is 1.71 bits per heavy atom. The van der Waals surface area contributed by atoms with Gasteiger partial charge in [-0.2, -0.15) is 15.0 Å². The number of aromatic nitrogens is 5. The van der Waals surface area contributed by atoms with Crippen molar-refractivity contribution in [3.05, 3.63) is 75.7 Å². The highest BCUT2D eigenvalue weighted by atomic mass is 35.5. The smallest absolute Gasteiger partial charge is 0.355 e. The number of nitrogens with zero attached hydrogens (tertiary/aromatic N) is 8. The van der Waals surface area contributed by atoms with Crippen molar-refractivity contribution in [2.75, 3.05) is 45.2 Å². The van der Waals surface area contributed by atoms with Crippen LogP contribution in [0.2, 0.25) is 5.02 Å². The number of carbonyl (C=O) groups is 1. The van der Waals surface area contributed by atoms with Crippen LogP contribution in [0.1, 0.15) is 64.8 Å². The van der Waals surface area contributed by atoms with Crippen LogP contribution < -0.4 is 15.3 Å². The highest BCUT2D eigenvalue weighted by molar-refractivity contribution is 6.33. The molecule has 1 aromatic carbocycles. The molecule has 1 fully saturated rings. The quantitative estimate of drug-likeness (QED) is 0.190. The molecule has 260 valence electrons. The molecule has 1 amide bonds. The fourth-order valence-corrected chi connectivity index (χ4v) is 6.35. The molecule has 5 rings (SSSR count). The Morgan fingerprint density at radius 1 is 1.06 bits per heavy atom. The molecule has 0 aliphatic carbocycles. The number of anilines is 1. The van der Waals surface area contributed by atoms with Crippen molar-refractivity contribution in [3.8, 4) is 23.0 Å². The number of pyridine rings is 1. The minimum Gasteiger partial charge on any atom is -0.462 e. The zero-order valence-corrected chi connectivity index (χ0v) is 30.1. The molecule has 0 N–H and O–H groups in total. The molecule has 1 aliphatic heterocycles. The van der Waals surface area contributed by atoms with Gasteiger partial charge in [-0.15, -0.1) is 0 Å². The average molecular weight is 691 g/mol. The molecular weight excluding hydrogens is 647 g/mol. The Hall–Kier alpha value is -4.42. The van der Waals surface area contributed by atoms with Gasteiger partial charge in [-0.25, -0.2) is 18.7 Å². The molecule has 0 spiro atoms. The Bertz CT molecular complexity index is 1920. The van der Waals surface area contributed by atoms with E-state index < -0.39 is 11.5 Å². The van der Waals surface area contributed by atoms with Gasteiger partial charge in [0.1, 0.15) is 18.2 Å². The molecule has 11 nitrogen and oxygen atoms in total. The zero-order chi connectivity index (χ0) is 35.7. The second-order valence-corrected chi connectivity index (χ2v) is 13.8. The van der Waals surface area contributed by atoms with Crippen LogP contribution in [0.3, 0.4) is 0 Å². The maximum Gasteiger partial charge on any atom is 0.355 e. The van der Waals surface area contributed by atoms with Gasteiger partial charge in [0.05, 0.1) is 33.2 Å². The van der Waals surface area contributed by atoms with E-state index in [9.17, 15) is 9.59 Å². The van der Waals surface area contributed by atoms with E-state index in [0.717, 1.165) is 0 Å². The second kappa shape index (κ2) is 14.6. The predicted molar refractivity (Wildman–Crippen MR) is 192 cm³/mol. The Morgan fingerprint density at radius 3 is 2.31 bits per heavy atom. The van der Waals surface area contributed by atoms with Crippen LogP contribution in [-0.4, -0.2) is 92.6 Å². The van der Waals surface area contributed by atoms with Crippen molar-refractivity contribution < 1.29 is 13.9 Å². The van der Waals surface area contributed by atoms with Crippen molar-refractivity contribution in [3.63, 3.8) is 0 Å². The van der Waals surface area contributed by atoms with Gasteiger partial charge in [-0.05, 0) is 64.1 Å². The van der Waals surface area contributed by atoms with E-state index >= 15 is 4.39 Å².